The molecular formula is C12H16ClNO2. The van der Waals surface area contributed by atoms with E-state index in [4.69, 9.17) is 16.7 Å². The number of carboxylic acid groups (broad SMARTS) is 1. The second-order valence-electron chi connectivity index (χ2n) is 4.67. The summed E-state index contributed by atoms with van der Waals surface area (Å²) < 4.78 is 1.77. The van der Waals surface area contributed by atoms with Gasteiger partial charge in [-0.25, -0.2) is 4.79 Å². The van der Waals surface area contributed by atoms with E-state index in [1.54, 1.807) is 10.8 Å². The molecule has 1 aliphatic carbocycles. The van der Waals surface area contributed by atoms with Crippen molar-refractivity contribution in [3.8, 4) is 0 Å². The summed E-state index contributed by atoms with van der Waals surface area (Å²) >= 11 is 5.85. The van der Waals surface area contributed by atoms with Crippen LogP contribution in [0.1, 0.15) is 36.7 Å². The van der Waals surface area contributed by atoms with Crippen molar-refractivity contribution in [2.75, 3.05) is 0 Å². The molecule has 0 saturated heterocycles. The lowest BCUT2D eigenvalue weighted by Gasteiger charge is -2.17. The van der Waals surface area contributed by atoms with Crippen LogP contribution in [0.15, 0.2) is 12.3 Å². The molecule has 0 aromatic carbocycles. The summed E-state index contributed by atoms with van der Waals surface area (Å²) in [7, 11) is 0. The molecule has 0 radical (unpaired) electrons. The van der Waals surface area contributed by atoms with Crippen molar-refractivity contribution in [2.45, 2.75) is 32.7 Å². The third kappa shape index (κ3) is 2.24. The maximum absolute atomic E-state index is 11.0. The Balaban J connectivity index is 2.17. The Kier molecular flexibility index (Phi) is 3.24. The van der Waals surface area contributed by atoms with Gasteiger partial charge in [-0.1, -0.05) is 31.4 Å². The minimum Gasteiger partial charge on any atom is -0.477 e. The summed E-state index contributed by atoms with van der Waals surface area (Å²) in [4.78, 5) is 11.0. The highest BCUT2D eigenvalue weighted by atomic mass is 35.5. The first-order chi connectivity index (χ1) is 7.58. The number of rotatable bonds is 3. The second kappa shape index (κ2) is 4.50. The van der Waals surface area contributed by atoms with Gasteiger partial charge in [0.25, 0.3) is 0 Å². The Morgan fingerprint density at radius 3 is 2.94 bits per heavy atom. The van der Waals surface area contributed by atoms with Crippen molar-refractivity contribution in [3.05, 3.63) is 23.0 Å². The monoisotopic (exact) mass is 241 g/mol. The Labute approximate surface area is 100 Å². The Morgan fingerprint density at radius 1 is 1.62 bits per heavy atom. The Hall–Kier alpha value is -0.960. The molecule has 1 aliphatic rings. The molecule has 0 bridgehead atoms. The zero-order valence-electron chi connectivity index (χ0n) is 9.32. The molecule has 16 heavy (non-hydrogen) atoms. The van der Waals surface area contributed by atoms with Crippen molar-refractivity contribution >= 4 is 17.6 Å². The number of carbonyl (C=O) groups is 1. The van der Waals surface area contributed by atoms with Gasteiger partial charge in [0.05, 0.1) is 5.02 Å². The summed E-state index contributed by atoms with van der Waals surface area (Å²) in [5.74, 6) is 0.363. The molecule has 2 atom stereocenters. The lowest BCUT2D eigenvalue weighted by Crippen LogP contribution is -2.16. The quantitative estimate of drug-likeness (QED) is 0.883. The number of nitrogens with zero attached hydrogens (tertiary/aromatic N) is 1. The van der Waals surface area contributed by atoms with Crippen molar-refractivity contribution < 1.29 is 9.90 Å². The first-order valence-electron chi connectivity index (χ1n) is 5.67. The van der Waals surface area contributed by atoms with E-state index in [0.29, 0.717) is 22.6 Å². The third-order valence-corrected chi connectivity index (χ3v) is 3.76. The van der Waals surface area contributed by atoms with Gasteiger partial charge in [-0.3, -0.25) is 0 Å². The maximum Gasteiger partial charge on any atom is 0.352 e. The fourth-order valence-electron chi connectivity index (χ4n) is 2.55. The van der Waals surface area contributed by atoms with Gasteiger partial charge in [-0.2, -0.15) is 0 Å². The molecule has 1 heterocycles. The van der Waals surface area contributed by atoms with E-state index in [2.05, 4.69) is 6.92 Å². The lowest BCUT2D eigenvalue weighted by atomic mass is 9.98. The molecule has 2 unspecified atom stereocenters. The van der Waals surface area contributed by atoms with E-state index in [0.717, 1.165) is 6.54 Å². The number of halogens is 1. The average molecular weight is 242 g/mol. The average Bonchev–Trinajstić information content (AvgIpc) is 2.75. The highest BCUT2D eigenvalue weighted by Crippen LogP contribution is 2.33. The maximum atomic E-state index is 11.0. The lowest BCUT2D eigenvalue weighted by molar-refractivity contribution is 0.0683. The van der Waals surface area contributed by atoms with E-state index >= 15 is 0 Å². The molecule has 0 aliphatic heterocycles. The number of aromatic nitrogens is 1. The van der Waals surface area contributed by atoms with Crippen molar-refractivity contribution in [3.63, 3.8) is 0 Å². The number of carboxylic acids is 1. The highest BCUT2D eigenvalue weighted by molar-refractivity contribution is 6.30. The van der Waals surface area contributed by atoms with E-state index in [9.17, 15) is 4.79 Å². The molecule has 1 N–H and O–H groups in total. The standard InChI is InChI=1S/C12H16ClNO2/c1-8-3-2-4-9(8)6-14-7-10(13)5-11(14)12(15)16/h5,7-9H,2-4,6H2,1H3,(H,15,16). The molecule has 1 fully saturated rings. The number of hydrogen-bond acceptors (Lipinski definition) is 1. The van der Waals surface area contributed by atoms with Crippen molar-refractivity contribution in [1.29, 1.82) is 0 Å². The van der Waals surface area contributed by atoms with Crippen LogP contribution in [0.2, 0.25) is 5.02 Å². The predicted octanol–water partition coefficient (Wildman–Crippen LogP) is 3.28. The molecule has 1 saturated carbocycles. The van der Waals surface area contributed by atoms with Gasteiger partial charge in [0.1, 0.15) is 5.69 Å². The summed E-state index contributed by atoms with van der Waals surface area (Å²) in [6.07, 6.45) is 5.41. The van der Waals surface area contributed by atoms with Gasteiger partial charge in [0, 0.05) is 12.7 Å². The van der Waals surface area contributed by atoms with E-state index in [1.807, 2.05) is 0 Å². The summed E-state index contributed by atoms with van der Waals surface area (Å²) in [6, 6.07) is 1.52. The second-order valence-corrected chi connectivity index (χ2v) is 5.11. The minimum atomic E-state index is -0.905. The zero-order valence-corrected chi connectivity index (χ0v) is 10.1. The normalized spacial score (nSPS) is 24.9. The van der Waals surface area contributed by atoms with Gasteiger partial charge in [-0.15, -0.1) is 0 Å². The fourth-order valence-corrected chi connectivity index (χ4v) is 2.77. The largest absolute Gasteiger partial charge is 0.477 e. The van der Waals surface area contributed by atoms with Crippen LogP contribution < -0.4 is 0 Å². The summed E-state index contributed by atoms with van der Waals surface area (Å²) in [5.41, 5.74) is 0.295. The molecule has 88 valence electrons. The number of aromatic carboxylic acids is 1. The zero-order chi connectivity index (χ0) is 11.7. The molecule has 0 spiro atoms. The van der Waals surface area contributed by atoms with Gasteiger partial charge in [0.15, 0.2) is 0 Å². The Bertz CT molecular complexity index is 400. The van der Waals surface area contributed by atoms with Crippen LogP contribution in [0.4, 0.5) is 0 Å². The molecule has 1 aromatic heterocycles. The molecule has 4 heteroatoms. The smallest absolute Gasteiger partial charge is 0.352 e. The summed E-state index contributed by atoms with van der Waals surface area (Å²) in [6.45, 7) is 3.01. The van der Waals surface area contributed by atoms with Crippen LogP contribution in [0.25, 0.3) is 0 Å². The van der Waals surface area contributed by atoms with Gasteiger partial charge >= 0.3 is 5.97 Å². The Morgan fingerprint density at radius 2 is 2.38 bits per heavy atom. The fraction of sp³-hybridized carbons (Fsp3) is 0.583. The van der Waals surface area contributed by atoms with Crippen LogP contribution in [-0.4, -0.2) is 15.6 Å². The molecule has 0 amide bonds. The van der Waals surface area contributed by atoms with Gasteiger partial charge in [0.2, 0.25) is 0 Å². The summed E-state index contributed by atoms with van der Waals surface area (Å²) in [5, 5.41) is 9.54. The highest BCUT2D eigenvalue weighted by Gasteiger charge is 2.25. The molecule has 3 nitrogen and oxygen atoms in total. The number of hydrogen-bond donors (Lipinski definition) is 1. The van der Waals surface area contributed by atoms with Crippen LogP contribution >= 0.6 is 11.6 Å². The van der Waals surface area contributed by atoms with Crippen LogP contribution in [0.3, 0.4) is 0 Å². The molecule has 2 rings (SSSR count). The van der Waals surface area contributed by atoms with Crippen molar-refractivity contribution in [2.24, 2.45) is 11.8 Å². The van der Waals surface area contributed by atoms with Gasteiger partial charge in [-0.05, 0) is 24.3 Å². The first kappa shape index (κ1) is 11.5. The van der Waals surface area contributed by atoms with E-state index in [1.165, 1.54) is 25.3 Å². The third-order valence-electron chi connectivity index (χ3n) is 3.55. The predicted molar refractivity (Wildman–Crippen MR) is 62.9 cm³/mol. The topological polar surface area (TPSA) is 42.2 Å². The minimum absolute atomic E-state index is 0.295. The van der Waals surface area contributed by atoms with Crippen molar-refractivity contribution in [1.82, 2.24) is 4.57 Å². The molecule has 1 aromatic rings. The van der Waals surface area contributed by atoms with Crippen LogP contribution in [0, 0.1) is 11.8 Å². The first-order valence-corrected chi connectivity index (χ1v) is 6.04. The SMILES string of the molecule is CC1CCCC1Cn1cc(Cl)cc1C(=O)O. The molecular weight excluding hydrogens is 226 g/mol. The van der Waals surface area contributed by atoms with Crippen LogP contribution in [0.5, 0.6) is 0 Å². The van der Waals surface area contributed by atoms with E-state index in [-0.39, 0.29) is 0 Å². The van der Waals surface area contributed by atoms with E-state index < -0.39 is 5.97 Å². The van der Waals surface area contributed by atoms with Crippen LogP contribution in [-0.2, 0) is 6.54 Å². The van der Waals surface area contributed by atoms with Gasteiger partial charge < -0.3 is 9.67 Å².